The molecule has 12 nitrogen and oxygen atoms in total. The van der Waals surface area contributed by atoms with Crippen molar-refractivity contribution in [1.82, 2.24) is 26.6 Å². The molecule has 2 heterocycles. The summed E-state index contributed by atoms with van der Waals surface area (Å²) in [6.07, 6.45) is 1.66. The van der Waals surface area contributed by atoms with E-state index in [1.165, 1.54) is 32.0 Å². The van der Waals surface area contributed by atoms with Crippen molar-refractivity contribution >= 4 is 23.7 Å². The fourth-order valence-electron chi connectivity index (χ4n) is 3.72. The monoisotopic (exact) mass is 527 g/mol. The van der Waals surface area contributed by atoms with E-state index in [1.807, 2.05) is 6.07 Å². The molecule has 13 heteroatoms. The van der Waals surface area contributed by atoms with Gasteiger partial charge in [0.05, 0.1) is 55.0 Å². The number of alkyl halides is 1. The van der Waals surface area contributed by atoms with E-state index in [4.69, 9.17) is 0 Å². The third-order valence-electron chi connectivity index (χ3n) is 5.69. The summed E-state index contributed by atoms with van der Waals surface area (Å²) in [5.74, 6) is -1.97. The summed E-state index contributed by atoms with van der Waals surface area (Å²) in [5, 5.41) is 42.9. The first kappa shape index (κ1) is 28.1. The molecule has 0 saturated carbocycles. The molecule has 1 unspecified atom stereocenters. The molecule has 0 fully saturated rings. The number of hydrogen-bond donors (Lipinski definition) is 7. The predicted molar refractivity (Wildman–Crippen MR) is 135 cm³/mol. The summed E-state index contributed by atoms with van der Waals surface area (Å²) in [6, 6.07) is 5.43. The van der Waals surface area contributed by atoms with Crippen molar-refractivity contribution in [3.8, 4) is 6.07 Å². The number of carboxylic acids is 1. The van der Waals surface area contributed by atoms with E-state index in [0.717, 1.165) is 0 Å². The fourth-order valence-corrected chi connectivity index (χ4v) is 3.72. The summed E-state index contributed by atoms with van der Waals surface area (Å²) >= 11 is 0. The minimum absolute atomic E-state index is 0.0327. The number of aliphatic imine (C=N–C) groups is 1. The zero-order valence-corrected chi connectivity index (χ0v) is 21.0. The van der Waals surface area contributed by atoms with Crippen molar-refractivity contribution in [3.63, 3.8) is 0 Å². The van der Waals surface area contributed by atoms with Gasteiger partial charge in [-0.25, -0.2) is 9.38 Å². The quantitative estimate of drug-likeness (QED) is 0.228. The van der Waals surface area contributed by atoms with Crippen LogP contribution in [-0.4, -0.2) is 66.3 Å². The minimum Gasteiger partial charge on any atom is -0.481 e. The first-order chi connectivity index (χ1) is 17.9. The first-order valence-electron chi connectivity index (χ1n) is 11.9. The lowest BCUT2D eigenvalue weighted by Gasteiger charge is -2.23. The normalized spacial score (nSPS) is 17.8. The predicted octanol–water partition coefficient (Wildman–Crippen LogP) is -0.208. The molecule has 0 bridgehead atoms. The number of carboxylic acid groups (broad SMARTS) is 1. The number of aliphatic hydroxyl groups is 1. The largest absolute Gasteiger partial charge is 0.481 e. The molecule has 2 amide bonds. The van der Waals surface area contributed by atoms with Crippen LogP contribution in [0, 0.1) is 11.3 Å². The highest BCUT2D eigenvalue weighted by Gasteiger charge is 2.24. The van der Waals surface area contributed by atoms with E-state index in [2.05, 4.69) is 31.6 Å². The summed E-state index contributed by atoms with van der Waals surface area (Å²) in [6.45, 7) is 2.98. The number of carbonyl (C=O) groups is 3. The number of hydrogen-bond acceptors (Lipinski definition) is 9. The number of dihydropyridines is 1. The Morgan fingerprint density at radius 1 is 1.32 bits per heavy atom. The Balaban J connectivity index is 1.64. The van der Waals surface area contributed by atoms with Crippen molar-refractivity contribution < 1.29 is 29.0 Å². The van der Waals surface area contributed by atoms with Crippen molar-refractivity contribution in [2.24, 2.45) is 4.99 Å². The highest BCUT2D eigenvalue weighted by Crippen LogP contribution is 2.26. The molecule has 0 aromatic heterocycles. The van der Waals surface area contributed by atoms with Crippen LogP contribution in [0.5, 0.6) is 0 Å². The number of benzene rings is 1. The summed E-state index contributed by atoms with van der Waals surface area (Å²) in [7, 11) is 0. The molecule has 7 N–H and O–H groups in total. The summed E-state index contributed by atoms with van der Waals surface area (Å²) in [5.41, 5.74) is 0.453. The second kappa shape index (κ2) is 12.2. The SMILES string of the molecule is CC(C)(O)c1cc(C#N)cc([C@H](CC(=O)O)NC(=O)CNC(=O)C2=CC(NC3=NCC(F)CN3)=CNC2)c1. The van der Waals surface area contributed by atoms with Crippen LogP contribution in [0.3, 0.4) is 0 Å². The van der Waals surface area contributed by atoms with Crippen molar-refractivity contribution in [3.05, 3.63) is 58.4 Å². The van der Waals surface area contributed by atoms with Crippen LogP contribution < -0.4 is 26.6 Å². The molecule has 2 aliphatic rings. The standard InChI is InChI=1S/C25H30FN7O5/c1-25(2,38)17-4-14(8-27)3-15(5-17)20(7-22(35)36)33-21(34)13-29-23(37)16-6-19(12-28-9-16)32-24-30-10-18(26)11-31-24/h3-6,12,18,20,28,38H,7,9-11,13H2,1-2H3,(H,29,37)(H,33,34)(H,35,36)(H2,30,31,32)/t20-/m0/s1. The maximum atomic E-state index is 13.2. The Morgan fingerprint density at radius 2 is 2.08 bits per heavy atom. The molecule has 2 aliphatic heterocycles. The molecular weight excluding hydrogens is 497 g/mol. The van der Waals surface area contributed by atoms with Gasteiger partial charge in [-0.3, -0.25) is 14.4 Å². The van der Waals surface area contributed by atoms with Gasteiger partial charge in [-0.15, -0.1) is 0 Å². The van der Waals surface area contributed by atoms with E-state index in [9.17, 15) is 34.2 Å². The Kier molecular flexibility index (Phi) is 9.03. The van der Waals surface area contributed by atoms with Gasteiger partial charge in [0, 0.05) is 18.3 Å². The van der Waals surface area contributed by atoms with Crippen LogP contribution >= 0.6 is 0 Å². The molecule has 0 aliphatic carbocycles. The van der Waals surface area contributed by atoms with E-state index < -0.39 is 48.6 Å². The average molecular weight is 528 g/mol. The van der Waals surface area contributed by atoms with E-state index in [0.29, 0.717) is 28.4 Å². The number of amides is 2. The van der Waals surface area contributed by atoms with Gasteiger partial charge in [-0.1, -0.05) is 6.07 Å². The maximum Gasteiger partial charge on any atom is 0.305 e. The molecule has 38 heavy (non-hydrogen) atoms. The Labute approximate surface area is 218 Å². The summed E-state index contributed by atoms with van der Waals surface area (Å²) < 4.78 is 13.2. The Morgan fingerprint density at radius 3 is 2.71 bits per heavy atom. The average Bonchev–Trinajstić information content (AvgIpc) is 2.87. The Hall–Kier alpha value is -4.44. The van der Waals surface area contributed by atoms with Gasteiger partial charge >= 0.3 is 5.97 Å². The van der Waals surface area contributed by atoms with Gasteiger partial charge in [-0.2, -0.15) is 5.26 Å². The van der Waals surface area contributed by atoms with E-state index in [1.54, 1.807) is 12.3 Å². The lowest BCUT2D eigenvalue weighted by atomic mass is 9.91. The lowest BCUT2D eigenvalue weighted by molar-refractivity contribution is -0.138. The number of carbonyl (C=O) groups excluding carboxylic acids is 2. The molecule has 0 radical (unpaired) electrons. The number of guanidine groups is 1. The van der Waals surface area contributed by atoms with Crippen LogP contribution in [0.15, 0.2) is 46.7 Å². The third kappa shape index (κ3) is 8.04. The summed E-state index contributed by atoms with van der Waals surface area (Å²) in [4.78, 5) is 40.8. The first-order valence-corrected chi connectivity index (χ1v) is 11.9. The molecule has 202 valence electrons. The topological polar surface area (TPSA) is 188 Å². The van der Waals surface area contributed by atoms with E-state index in [-0.39, 0.29) is 25.2 Å². The lowest BCUT2D eigenvalue weighted by Crippen LogP contribution is -2.45. The van der Waals surface area contributed by atoms with Crippen molar-refractivity contribution in [2.45, 2.75) is 38.1 Å². The smallest absolute Gasteiger partial charge is 0.305 e. The van der Waals surface area contributed by atoms with Gasteiger partial charge < -0.3 is 36.8 Å². The molecule has 1 aromatic rings. The molecule has 2 atom stereocenters. The van der Waals surface area contributed by atoms with Crippen LogP contribution in [0.2, 0.25) is 0 Å². The number of halogens is 1. The highest BCUT2D eigenvalue weighted by atomic mass is 19.1. The number of nitrogens with zero attached hydrogens (tertiary/aromatic N) is 2. The van der Waals surface area contributed by atoms with Gasteiger partial charge in [0.25, 0.3) is 0 Å². The number of allylic oxidation sites excluding steroid dienone is 1. The fraction of sp³-hybridized carbons (Fsp3) is 0.400. The molecule has 3 rings (SSSR count). The van der Waals surface area contributed by atoms with Crippen LogP contribution in [0.4, 0.5) is 4.39 Å². The number of aliphatic carboxylic acids is 1. The second-order valence-corrected chi connectivity index (χ2v) is 9.36. The van der Waals surface area contributed by atoms with Gasteiger partial charge in [0.15, 0.2) is 5.96 Å². The number of nitriles is 1. The van der Waals surface area contributed by atoms with Crippen LogP contribution in [0.1, 0.15) is 43.0 Å². The molecule has 0 spiro atoms. The van der Waals surface area contributed by atoms with Crippen LogP contribution in [0.25, 0.3) is 0 Å². The van der Waals surface area contributed by atoms with Crippen LogP contribution in [-0.2, 0) is 20.0 Å². The van der Waals surface area contributed by atoms with Gasteiger partial charge in [0.1, 0.15) is 6.17 Å². The van der Waals surface area contributed by atoms with Gasteiger partial charge in [-0.05, 0) is 43.2 Å². The zero-order chi connectivity index (χ0) is 27.9. The zero-order valence-electron chi connectivity index (χ0n) is 21.0. The minimum atomic E-state index is -1.30. The maximum absolute atomic E-state index is 13.2. The van der Waals surface area contributed by atoms with Crippen molar-refractivity contribution in [2.75, 3.05) is 26.2 Å². The second-order valence-electron chi connectivity index (χ2n) is 9.36. The number of nitrogens with one attached hydrogen (secondary N) is 5. The molecule has 0 saturated heterocycles. The van der Waals surface area contributed by atoms with Crippen molar-refractivity contribution in [1.29, 1.82) is 5.26 Å². The Bertz CT molecular complexity index is 1230. The highest BCUT2D eigenvalue weighted by molar-refractivity contribution is 5.97. The van der Waals surface area contributed by atoms with Gasteiger partial charge in [0.2, 0.25) is 11.8 Å². The van der Waals surface area contributed by atoms with E-state index >= 15 is 0 Å². The molecule has 1 aromatic carbocycles. The number of rotatable bonds is 9. The third-order valence-corrected chi connectivity index (χ3v) is 5.69. The molecular formula is C25H30FN7O5.